The highest BCUT2D eigenvalue weighted by molar-refractivity contribution is 6.35. The van der Waals surface area contributed by atoms with E-state index in [0.29, 0.717) is 29.0 Å². The molecule has 1 aromatic rings. The van der Waals surface area contributed by atoms with Crippen LogP contribution in [0.5, 0.6) is 0 Å². The second-order valence-corrected chi connectivity index (χ2v) is 5.23. The Kier molecular flexibility index (Phi) is 4.42. The number of nitrogens with two attached hydrogens (primary N) is 2. The maximum Gasteiger partial charge on any atom is 0.217 e. The second-order valence-electron chi connectivity index (χ2n) is 4.86. The summed E-state index contributed by atoms with van der Waals surface area (Å²) in [5.41, 5.74) is 10.9. The number of nitrogen functional groups attached to an aromatic ring is 1. The Morgan fingerprint density at radius 2 is 2.32 bits per heavy atom. The van der Waals surface area contributed by atoms with Crippen LogP contribution in [-0.4, -0.2) is 29.0 Å². The van der Waals surface area contributed by atoms with E-state index in [-0.39, 0.29) is 5.91 Å². The molecule has 1 unspecified atom stereocenters. The van der Waals surface area contributed by atoms with Crippen LogP contribution in [0.4, 0.5) is 11.6 Å². The highest BCUT2D eigenvalue weighted by Gasteiger charge is 2.23. The first-order valence-corrected chi connectivity index (χ1v) is 6.75. The standard InChI is InChI=1S/C12H18ClN5O/c13-10-11(15)16-7-17-12(10)18-5-1-2-8(6-18)3-4-9(14)19/h7-8H,1-6H2,(H2,14,19)(H2,15,16,17). The van der Waals surface area contributed by atoms with E-state index in [2.05, 4.69) is 14.9 Å². The summed E-state index contributed by atoms with van der Waals surface area (Å²) in [6.07, 6.45) is 4.80. The van der Waals surface area contributed by atoms with E-state index in [0.717, 1.165) is 32.4 Å². The van der Waals surface area contributed by atoms with Gasteiger partial charge in [0.1, 0.15) is 17.2 Å². The lowest BCUT2D eigenvalue weighted by Gasteiger charge is -2.33. The molecule has 0 radical (unpaired) electrons. The van der Waals surface area contributed by atoms with E-state index < -0.39 is 0 Å². The van der Waals surface area contributed by atoms with Gasteiger partial charge in [-0.1, -0.05) is 11.6 Å². The molecule has 19 heavy (non-hydrogen) atoms. The van der Waals surface area contributed by atoms with Crippen LogP contribution in [0, 0.1) is 5.92 Å². The average molecular weight is 284 g/mol. The van der Waals surface area contributed by atoms with Crippen LogP contribution in [0.3, 0.4) is 0 Å². The summed E-state index contributed by atoms with van der Waals surface area (Å²) < 4.78 is 0. The maximum atomic E-state index is 10.8. The number of primary amides is 1. The number of nitrogens with zero attached hydrogens (tertiary/aromatic N) is 3. The summed E-state index contributed by atoms with van der Waals surface area (Å²) in [6.45, 7) is 1.71. The predicted octanol–water partition coefficient (Wildman–Crippen LogP) is 1.19. The molecule has 1 atom stereocenters. The maximum absolute atomic E-state index is 10.8. The fourth-order valence-corrected chi connectivity index (χ4v) is 2.65. The number of hydrogen-bond acceptors (Lipinski definition) is 5. The van der Waals surface area contributed by atoms with Gasteiger partial charge in [0, 0.05) is 19.5 Å². The van der Waals surface area contributed by atoms with E-state index in [1.807, 2.05) is 0 Å². The molecule has 0 bridgehead atoms. The molecule has 1 aromatic heterocycles. The van der Waals surface area contributed by atoms with Gasteiger partial charge in [0.05, 0.1) is 0 Å². The fraction of sp³-hybridized carbons (Fsp3) is 0.583. The third kappa shape index (κ3) is 3.47. The molecule has 1 aliphatic heterocycles. The van der Waals surface area contributed by atoms with Crippen LogP contribution in [0.25, 0.3) is 0 Å². The van der Waals surface area contributed by atoms with Crippen molar-refractivity contribution in [2.75, 3.05) is 23.7 Å². The van der Waals surface area contributed by atoms with Gasteiger partial charge in [0.2, 0.25) is 5.91 Å². The topological polar surface area (TPSA) is 98.1 Å². The molecule has 2 heterocycles. The van der Waals surface area contributed by atoms with Crippen molar-refractivity contribution in [3.63, 3.8) is 0 Å². The van der Waals surface area contributed by atoms with Crippen molar-refractivity contribution < 1.29 is 4.79 Å². The predicted molar refractivity (Wildman–Crippen MR) is 74.8 cm³/mol. The summed E-state index contributed by atoms with van der Waals surface area (Å²) in [7, 11) is 0. The smallest absolute Gasteiger partial charge is 0.217 e. The first kappa shape index (κ1) is 13.9. The van der Waals surface area contributed by atoms with Crippen LogP contribution in [-0.2, 0) is 4.79 Å². The number of piperidine rings is 1. The number of carbonyl (C=O) groups is 1. The number of carbonyl (C=O) groups excluding carboxylic acids is 1. The Morgan fingerprint density at radius 3 is 3.05 bits per heavy atom. The molecule has 1 fully saturated rings. The van der Waals surface area contributed by atoms with Crippen molar-refractivity contribution in [2.24, 2.45) is 11.7 Å². The molecule has 0 aliphatic carbocycles. The molecule has 1 aliphatic rings. The Labute approximate surface area is 117 Å². The van der Waals surface area contributed by atoms with Gasteiger partial charge >= 0.3 is 0 Å². The molecule has 104 valence electrons. The van der Waals surface area contributed by atoms with Gasteiger partial charge in [0.15, 0.2) is 5.82 Å². The van der Waals surface area contributed by atoms with Gasteiger partial charge in [-0.15, -0.1) is 0 Å². The highest BCUT2D eigenvalue weighted by Crippen LogP contribution is 2.31. The van der Waals surface area contributed by atoms with Gasteiger partial charge in [0.25, 0.3) is 0 Å². The largest absolute Gasteiger partial charge is 0.382 e. The Morgan fingerprint density at radius 1 is 1.53 bits per heavy atom. The lowest BCUT2D eigenvalue weighted by molar-refractivity contribution is -0.118. The molecule has 1 amide bonds. The quantitative estimate of drug-likeness (QED) is 0.865. The van der Waals surface area contributed by atoms with E-state index in [1.165, 1.54) is 6.33 Å². The van der Waals surface area contributed by atoms with Crippen molar-refractivity contribution in [2.45, 2.75) is 25.7 Å². The van der Waals surface area contributed by atoms with Crippen molar-refractivity contribution in [3.8, 4) is 0 Å². The SMILES string of the molecule is NC(=O)CCC1CCCN(c2ncnc(N)c2Cl)C1. The Hall–Kier alpha value is -1.56. The first-order chi connectivity index (χ1) is 9.08. The van der Waals surface area contributed by atoms with E-state index in [9.17, 15) is 4.79 Å². The normalized spacial score (nSPS) is 19.4. The molecule has 0 aromatic carbocycles. The summed E-state index contributed by atoms with van der Waals surface area (Å²) in [5.74, 6) is 1.17. The third-order valence-electron chi connectivity index (χ3n) is 3.42. The lowest BCUT2D eigenvalue weighted by Crippen LogP contribution is -2.36. The summed E-state index contributed by atoms with van der Waals surface area (Å²) >= 11 is 6.14. The van der Waals surface area contributed by atoms with Crippen LogP contribution in [0.2, 0.25) is 5.02 Å². The highest BCUT2D eigenvalue weighted by atomic mass is 35.5. The van der Waals surface area contributed by atoms with Crippen LogP contribution >= 0.6 is 11.6 Å². The fourth-order valence-electron chi connectivity index (χ4n) is 2.43. The first-order valence-electron chi connectivity index (χ1n) is 6.37. The average Bonchev–Trinajstić information content (AvgIpc) is 2.40. The van der Waals surface area contributed by atoms with Crippen LogP contribution in [0.15, 0.2) is 6.33 Å². The lowest BCUT2D eigenvalue weighted by atomic mass is 9.93. The number of aromatic nitrogens is 2. The van der Waals surface area contributed by atoms with Gasteiger partial charge < -0.3 is 16.4 Å². The molecule has 7 heteroatoms. The van der Waals surface area contributed by atoms with E-state index in [1.54, 1.807) is 0 Å². The number of halogens is 1. The monoisotopic (exact) mass is 283 g/mol. The summed E-state index contributed by atoms with van der Waals surface area (Å²) in [6, 6.07) is 0. The molecule has 6 nitrogen and oxygen atoms in total. The number of hydrogen-bond donors (Lipinski definition) is 2. The molecule has 2 rings (SSSR count). The zero-order valence-corrected chi connectivity index (χ0v) is 11.4. The number of amides is 1. The number of anilines is 2. The van der Waals surface area contributed by atoms with E-state index in [4.69, 9.17) is 23.1 Å². The molecule has 0 saturated carbocycles. The van der Waals surface area contributed by atoms with Gasteiger partial charge in [-0.3, -0.25) is 4.79 Å². The second kappa shape index (κ2) is 6.06. The van der Waals surface area contributed by atoms with Crippen molar-refractivity contribution in [3.05, 3.63) is 11.3 Å². The van der Waals surface area contributed by atoms with Gasteiger partial charge in [-0.25, -0.2) is 9.97 Å². The molecule has 4 N–H and O–H groups in total. The van der Waals surface area contributed by atoms with Gasteiger partial charge in [-0.2, -0.15) is 0 Å². The minimum absolute atomic E-state index is 0.249. The minimum atomic E-state index is -0.249. The zero-order chi connectivity index (χ0) is 13.8. The van der Waals surface area contributed by atoms with Crippen LogP contribution < -0.4 is 16.4 Å². The molecular formula is C12H18ClN5O. The third-order valence-corrected chi connectivity index (χ3v) is 3.78. The summed E-state index contributed by atoms with van der Waals surface area (Å²) in [4.78, 5) is 21.0. The van der Waals surface area contributed by atoms with Crippen molar-refractivity contribution in [1.29, 1.82) is 0 Å². The molecular weight excluding hydrogens is 266 g/mol. The Bertz CT molecular complexity index is 467. The Balaban J connectivity index is 2.04. The number of rotatable bonds is 4. The molecule has 1 saturated heterocycles. The zero-order valence-electron chi connectivity index (χ0n) is 10.7. The molecule has 0 spiro atoms. The van der Waals surface area contributed by atoms with Crippen LogP contribution in [0.1, 0.15) is 25.7 Å². The minimum Gasteiger partial charge on any atom is -0.382 e. The van der Waals surface area contributed by atoms with Gasteiger partial charge in [-0.05, 0) is 25.2 Å². The van der Waals surface area contributed by atoms with Crippen molar-refractivity contribution in [1.82, 2.24) is 9.97 Å². The van der Waals surface area contributed by atoms with Crippen molar-refractivity contribution >= 4 is 29.1 Å². The summed E-state index contributed by atoms with van der Waals surface area (Å²) in [5, 5.41) is 0.401. The van der Waals surface area contributed by atoms with E-state index >= 15 is 0 Å².